The van der Waals surface area contributed by atoms with Crippen LogP contribution < -0.4 is 10.6 Å². The van der Waals surface area contributed by atoms with Crippen LogP contribution in [0.4, 0.5) is 5.95 Å². The van der Waals surface area contributed by atoms with E-state index in [9.17, 15) is 5.26 Å². The van der Waals surface area contributed by atoms with Gasteiger partial charge in [-0.05, 0) is 31.4 Å². The summed E-state index contributed by atoms with van der Waals surface area (Å²) in [5, 5.41) is 19.4. The van der Waals surface area contributed by atoms with E-state index in [4.69, 9.17) is 0 Å². The van der Waals surface area contributed by atoms with Gasteiger partial charge < -0.3 is 10.6 Å². The number of hydrogen-bond donors (Lipinski definition) is 2. The van der Waals surface area contributed by atoms with Crippen molar-refractivity contribution in [1.29, 1.82) is 5.26 Å². The number of aryl methyl sites for hydroxylation is 1. The molecule has 1 aliphatic carbocycles. The average Bonchev–Trinajstić information content (AvgIpc) is 3.35. The molecule has 2 aromatic rings. The van der Waals surface area contributed by atoms with E-state index < -0.39 is 0 Å². The summed E-state index contributed by atoms with van der Waals surface area (Å²) in [5.41, 5.74) is 4.15. The zero-order valence-corrected chi connectivity index (χ0v) is 16.0. The monoisotopic (exact) mass is 375 g/mol. The first-order valence-corrected chi connectivity index (χ1v) is 10.1. The standard InChI is InChI=1S/C21H21N5S/c1-14-11-18(26-21(23-14)24-16-9-5-6-10-16)17(12-22)20-25-19(13-27-20)15-7-3-2-4-8-15/h2-4,7-8,11,13,16,25H,5-6,9-10H2,1H3,(H,23,24,26)/b20-17-. The lowest BCUT2D eigenvalue weighted by Crippen LogP contribution is -2.17. The number of rotatable bonds is 4. The van der Waals surface area contributed by atoms with E-state index in [1.807, 2.05) is 48.7 Å². The highest BCUT2D eigenvalue weighted by molar-refractivity contribution is 8.06. The van der Waals surface area contributed by atoms with Gasteiger partial charge in [0.15, 0.2) is 0 Å². The lowest BCUT2D eigenvalue weighted by atomic mass is 10.1. The van der Waals surface area contributed by atoms with Gasteiger partial charge in [-0.1, -0.05) is 54.9 Å². The highest BCUT2D eigenvalue weighted by atomic mass is 32.2. The number of nitrogens with zero attached hydrogens (tertiary/aromatic N) is 3. The molecular formula is C21H21N5S. The minimum absolute atomic E-state index is 0.433. The van der Waals surface area contributed by atoms with Crippen LogP contribution in [0.5, 0.6) is 0 Å². The van der Waals surface area contributed by atoms with E-state index in [2.05, 4.69) is 26.7 Å². The van der Waals surface area contributed by atoms with Gasteiger partial charge in [0.25, 0.3) is 0 Å². The second kappa shape index (κ2) is 7.85. The predicted octanol–water partition coefficient (Wildman–Crippen LogP) is 4.67. The lowest BCUT2D eigenvalue weighted by molar-refractivity contribution is 0.742. The first-order chi connectivity index (χ1) is 13.2. The molecule has 0 radical (unpaired) electrons. The van der Waals surface area contributed by atoms with Gasteiger partial charge in [0.1, 0.15) is 11.6 Å². The maximum atomic E-state index is 9.80. The van der Waals surface area contributed by atoms with Gasteiger partial charge >= 0.3 is 0 Å². The Morgan fingerprint density at radius 3 is 2.74 bits per heavy atom. The minimum Gasteiger partial charge on any atom is -0.351 e. The van der Waals surface area contributed by atoms with Crippen molar-refractivity contribution < 1.29 is 0 Å². The zero-order valence-electron chi connectivity index (χ0n) is 15.2. The molecule has 1 saturated carbocycles. The van der Waals surface area contributed by atoms with E-state index in [1.165, 1.54) is 24.6 Å². The van der Waals surface area contributed by atoms with Gasteiger partial charge in [-0.25, -0.2) is 9.97 Å². The Morgan fingerprint density at radius 1 is 1.22 bits per heavy atom. The fourth-order valence-electron chi connectivity index (χ4n) is 3.42. The Labute approximate surface area is 163 Å². The fraction of sp³-hybridized carbons (Fsp3) is 0.286. The lowest BCUT2D eigenvalue weighted by Gasteiger charge is -2.13. The Morgan fingerprint density at radius 2 is 2.00 bits per heavy atom. The molecule has 0 unspecified atom stereocenters. The van der Waals surface area contributed by atoms with E-state index in [-0.39, 0.29) is 0 Å². The molecule has 4 rings (SSSR count). The third-order valence-corrected chi connectivity index (χ3v) is 5.66. The Kier molecular flexibility index (Phi) is 5.12. The van der Waals surface area contributed by atoms with Gasteiger partial charge in [0.2, 0.25) is 5.95 Å². The second-order valence-electron chi connectivity index (χ2n) is 6.80. The molecule has 0 amide bonds. The van der Waals surface area contributed by atoms with Crippen molar-refractivity contribution in [2.75, 3.05) is 5.32 Å². The quantitative estimate of drug-likeness (QED) is 0.757. The van der Waals surface area contributed by atoms with Gasteiger partial charge in [-0.2, -0.15) is 5.26 Å². The largest absolute Gasteiger partial charge is 0.351 e. The first-order valence-electron chi connectivity index (χ1n) is 9.19. The van der Waals surface area contributed by atoms with Crippen LogP contribution in [0.25, 0.3) is 11.3 Å². The maximum absolute atomic E-state index is 9.80. The molecule has 6 heteroatoms. The fourth-order valence-corrected chi connectivity index (χ4v) is 4.28. The number of benzene rings is 1. The molecule has 2 aliphatic rings. The molecule has 2 N–H and O–H groups in total. The molecule has 2 heterocycles. The normalized spacial score (nSPS) is 18.6. The molecule has 27 heavy (non-hydrogen) atoms. The Hall–Kier alpha value is -2.78. The van der Waals surface area contributed by atoms with Crippen LogP contribution in [0.2, 0.25) is 0 Å². The third kappa shape index (κ3) is 3.99. The summed E-state index contributed by atoms with van der Waals surface area (Å²) in [6.45, 7) is 1.94. The summed E-state index contributed by atoms with van der Waals surface area (Å²) in [4.78, 5) is 9.14. The average molecular weight is 376 g/mol. The smallest absolute Gasteiger partial charge is 0.223 e. The second-order valence-corrected chi connectivity index (χ2v) is 7.68. The van der Waals surface area contributed by atoms with Crippen molar-refractivity contribution in [3.8, 4) is 6.07 Å². The summed E-state index contributed by atoms with van der Waals surface area (Å²) in [6.07, 6.45) is 4.80. The van der Waals surface area contributed by atoms with Crippen LogP contribution in [0.15, 0.2) is 46.8 Å². The van der Waals surface area contributed by atoms with E-state index in [0.717, 1.165) is 34.8 Å². The van der Waals surface area contributed by atoms with Crippen molar-refractivity contribution >= 4 is 29.0 Å². The molecule has 0 atom stereocenters. The molecule has 1 aliphatic heterocycles. The number of allylic oxidation sites excluding steroid dienone is 1. The molecule has 5 nitrogen and oxygen atoms in total. The minimum atomic E-state index is 0.433. The number of nitriles is 1. The van der Waals surface area contributed by atoms with E-state index in [1.54, 1.807) is 0 Å². The van der Waals surface area contributed by atoms with E-state index in [0.29, 0.717) is 23.3 Å². The van der Waals surface area contributed by atoms with Crippen LogP contribution in [0, 0.1) is 18.3 Å². The summed E-state index contributed by atoms with van der Waals surface area (Å²) in [7, 11) is 0. The van der Waals surface area contributed by atoms with Crippen molar-refractivity contribution in [2.24, 2.45) is 0 Å². The van der Waals surface area contributed by atoms with Gasteiger partial charge in [0.05, 0.1) is 16.4 Å². The topological polar surface area (TPSA) is 73.6 Å². The third-order valence-electron chi connectivity index (χ3n) is 4.77. The molecule has 1 aromatic carbocycles. The maximum Gasteiger partial charge on any atom is 0.223 e. The van der Waals surface area contributed by atoms with E-state index >= 15 is 0 Å². The number of hydrogen-bond acceptors (Lipinski definition) is 6. The van der Waals surface area contributed by atoms with Crippen LogP contribution in [0.1, 0.15) is 42.6 Å². The number of anilines is 1. The Balaban J connectivity index is 1.60. The zero-order chi connectivity index (χ0) is 18.6. The van der Waals surface area contributed by atoms with Crippen molar-refractivity contribution in [3.05, 3.63) is 63.8 Å². The summed E-state index contributed by atoms with van der Waals surface area (Å²) in [6, 6.07) is 14.7. The number of thioether (sulfide) groups is 1. The summed E-state index contributed by atoms with van der Waals surface area (Å²) >= 11 is 1.52. The number of aromatic nitrogens is 2. The van der Waals surface area contributed by atoms with Crippen LogP contribution in [-0.2, 0) is 0 Å². The van der Waals surface area contributed by atoms with Crippen LogP contribution >= 0.6 is 11.8 Å². The molecule has 0 bridgehead atoms. The molecule has 0 saturated heterocycles. The van der Waals surface area contributed by atoms with Gasteiger partial charge in [-0.15, -0.1) is 0 Å². The Bertz CT molecular complexity index is 937. The highest BCUT2D eigenvalue weighted by Gasteiger charge is 2.20. The van der Waals surface area contributed by atoms with Crippen LogP contribution in [-0.4, -0.2) is 16.0 Å². The summed E-state index contributed by atoms with van der Waals surface area (Å²) < 4.78 is 0. The first kappa shape index (κ1) is 17.6. The SMILES string of the molecule is Cc1cc(/C(C#N)=C2/NC(c3ccccc3)=CS2)nc(NC2CCCC2)n1. The molecular weight excluding hydrogens is 354 g/mol. The molecule has 136 valence electrons. The molecule has 0 spiro atoms. The predicted molar refractivity (Wildman–Crippen MR) is 110 cm³/mol. The number of nitrogens with one attached hydrogen (secondary N) is 2. The van der Waals surface area contributed by atoms with Crippen molar-refractivity contribution in [2.45, 2.75) is 38.6 Å². The summed E-state index contributed by atoms with van der Waals surface area (Å²) in [5.74, 6) is 0.615. The van der Waals surface area contributed by atoms with Gasteiger partial charge in [-0.3, -0.25) is 0 Å². The molecule has 1 aromatic heterocycles. The van der Waals surface area contributed by atoms with Crippen molar-refractivity contribution in [3.63, 3.8) is 0 Å². The van der Waals surface area contributed by atoms with Crippen LogP contribution in [0.3, 0.4) is 0 Å². The van der Waals surface area contributed by atoms with Crippen molar-refractivity contribution in [1.82, 2.24) is 15.3 Å². The highest BCUT2D eigenvalue weighted by Crippen LogP contribution is 2.34. The van der Waals surface area contributed by atoms with Gasteiger partial charge in [0, 0.05) is 17.1 Å². The molecule has 1 fully saturated rings.